The van der Waals surface area contributed by atoms with Gasteiger partial charge in [-0.1, -0.05) is 16.8 Å². The smallest absolute Gasteiger partial charge is 0.333 e. The van der Waals surface area contributed by atoms with Crippen LogP contribution < -0.4 is 11.2 Å². The average molecular weight is 389 g/mol. The van der Waals surface area contributed by atoms with Gasteiger partial charge in [0.05, 0.1) is 13.2 Å². The number of aliphatic hydroxyl groups excluding tert-OH is 3. The number of benzene rings is 1. The lowest BCUT2D eigenvalue weighted by molar-refractivity contribution is -0.0555. The largest absolute Gasteiger partial charge is 0.394 e. The van der Waals surface area contributed by atoms with E-state index in [1.165, 1.54) is 6.20 Å². The maximum atomic E-state index is 12.9. The highest BCUT2D eigenvalue weighted by atomic mass is 16.6. The number of aryl methyl sites for hydroxylation is 1. The Hall–Kier alpha value is -2.79. The lowest BCUT2D eigenvalue weighted by Gasteiger charge is -2.18. The number of ether oxygens (including phenoxy) is 1. The van der Waals surface area contributed by atoms with Crippen LogP contribution in [0.1, 0.15) is 17.5 Å². The van der Waals surface area contributed by atoms with E-state index in [1.54, 1.807) is 6.07 Å². The van der Waals surface area contributed by atoms with Gasteiger partial charge in [-0.15, -0.1) is 0 Å². The zero-order valence-electron chi connectivity index (χ0n) is 14.9. The van der Waals surface area contributed by atoms with E-state index in [9.17, 15) is 24.9 Å². The Labute approximate surface area is 157 Å². The third kappa shape index (κ3) is 2.96. The minimum atomic E-state index is -1.43. The van der Waals surface area contributed by atoms with Crippen LogP contribution in [0.25, 0.3) is 11.0 Å². The number of rotatable bonds is 4. The molecule has 0 amide bonds. The summed E-state index contributed by atoms with van der Waals surface area (Å²) >= 11 is 0. The second kappa shape index (κ2) is 6.99. The highest BCUT2D eigenvalue weighted by molar-refractivity contribution is 5.80. The fourth-order valence-electron chi connectivity index (χ4n) is 3.35. The molecule has 3 aromatic rings. The Morgan fingerprint density at radius 2 is 1.96 bits per heavy atom. The van der Waals surface area contributed by atoms with Gasteiger partial charge in [-0.25, -0.2) is 4.79 Å². The first-order chi connectivity index (χ1) is 13.4. The summed E-state index contributed by atoms with van der Waals surface area (Å²) in [6, 6.07) is 6.62. The molecule has 0 saturated carbocycles. The number of nitrogens with zero attached hydrogens (tertiary/aromatic N) is 3. The van der Waals surface area contributed by atoms with Crippen molar-refractivity contribution in [1.82, 2.24) is 14.3 Å². The summed E-state index contributed by atoms with van der Waals surface area (Å²) in [6.07, 6.45) is -3.87. The SMILES string of the molecule is Cc1ccc2onc(Cn3c(=O)ccn([C@@H]4O[C@H](CO)C(O)[C@@H]4O)c3=O)c2c1. The minimum absolute atomic E-state index is 0.135. The molecule has 3 heterocycles. The van der Waals surface area contributed by atoms with Crippen LogP contribution in [0.2, 0.25) is 0 Å². The van der Waals surface area contributed by atoms with Crippen molar-refractivity contribution >= 4 is 11.0 Å². The molecular formula is C18H19N3O7. The zero-order chi connectivity index (χ0) is 20.0. The number of hydrogen-bond donors (Lipinski definition) is 3. The Bertz CT molecular complexity index is 1130. The maximum absolute atomic E-state index is 12.9. The van der Waals surface area contributed by atoms with Crippen LogP contribution in [0.4, 0.5) is 0 Å². The molecule has 0 aliphatic carbocycles. The van der Waals surface area contributed by atoms with E-state index in [0.29, 0.717) is 16.7 Å². The highest BCUT2D eigenvalue weighted by Crippen LogP contribution is 2.28. The normalized spacial score (nSPS) is 24.9. The fraction of sp³-hybridized carbons (Fsp3) is 0.389. The molecule has 0 radical (unpaired) electrons. The molecule has 1 aliphatic heterocycles. The van der Waals surface area contributed by atoms with Gasteiger partial charge in [-0.05, 0) is 19.1 Å². The molecule has 1 aliphatic rings. The van der Waals surface area contributed by atoms with E-state index in [1.807, 2.05) is 19.1 Å². The van der Waals surface area contributed by atoms with Gasteiger partial charge in [0.15, 0.2) is 11.8 Å². The quantitative estimate of drug-likeness (QED) is 0.523. The predicted octanol–water partition coefficient (Wildman–Crippen LogP) is -0.881. The summed E-state index contributed by atoms with van der Waals surface area (Å²) in [4.78, 5) is 25.2. The summed E-state index contributed by atoms with van der Waals surface area (Å²) in [7, 11) is 0. The van der Waals surface area contributed by atoms with Crippen LogP contribution in [-0.4, -0.2) is 54.5 Å². The second-order valence-corrected chi connectivity index (χ2v) is 6.79. The predicted molar refractivity (Wildman–Crippen MR) is 95.8 cm³/mol. The van der Waals surface area contributed by atoms with Gasteiger partial charge in [0.25, 0.3) is 5.56 Å². The summed E-state index contributed by atoms with van der Waals surface area (Å²) in [5.74, 6) is 0. The van der Waals surface area contributed by atoms with Gasteiger partial charge in [-0.3, -0.25) is 13.9 Å². The summed E-state index contributed by atoms with van der Waals surface area (Å²) < 4.78 is 12.6. The minimum Gasteiger partial charge on any atom is -0.394 e. The third-order valence-corrected chi connectivity index (χ3v) is 4.89. The standard InChI is InChI=1S/C18H19N3O7/c1-9-2-3-12-10(6-9)11(19-28-12)7-21-14(23)4-5-20(18(21)26)17-16(25)15(24)13(8-22)27-17/h2-6,13,15-17,22,24-25H,7-8H2,1H3/t13-,15?,16+,17-/m1/s1. The lowest BCUT2D eigenvalue weighted by atomic mass is 10.1. The monoisotopic (exact) mass is 389 g/mol. The van der Waals surface area contributed by atoms with Crippen molar-refractivity contribution in [1.29, 1.82) is 0 Å². The Kier molecular flexibility index (Phi) is 4.63. The van der Waals surface area contributed by atoms with Crippen molar-refractivity contribution in [3.8, 4) is 0 Å². The Morgan fingerprint density at radius 3 is 2.68 bits per heavy atom. The van der Waals surface area contributed by atoms with Crippen molar-refractivity contribution in [3.05, 3.63) is 62.6 Å². The van der Waals surface area contributed by atoms with E-state index in [4.69, 9.17) is 9.26 Å². The van der Waals surface area contributed by atoms with E-state index < -0.39 is 42.4 Å². The number of hydrogen-bond acceptors (Lipinski definition) is 8. The van der Waals surface area contributed by atoms with Gasteiger partial charge in [0.1, 0.15) is 24.0 Å². The molecule has 4 rings (SSSR count). The molecule has 0 bridgehead atoms. The van der Waals surface area contributed by atoms with Crippen LogP contribution >= 0.6 is 0 Å². The molecule has 4 atom stereocenters. The molecule has 1 aromatic carbocycles. The molecule has 3 N–H and O–H groups in total. The molecule has 1 fully saturated rings. The molecule has 10 heteroatoms. The van der Waals surface area contributed by atoms with E-state index in [2.05, 4.69) is 5.16 Å². The highest BCUT2D eigenvalue weighted by Gasteiger charge is 2.43. The molecule has 2 aromatic heterocycles. The topological polar surface area (TPSA) is 140 Å². The molecule has 0 spiro atoms. The third-order valence-electron chi connectivity index (χ3n) is 4.89. The van der Waals surface area contributed by atoms with Crippen molar-refractivity contribution in [2.75, 3.05) is 6.61 Å². The Balaban J connectivity index is 1.74. The van der Waals surface area contributed by atoms with Crippen LogP contribution in [-0.2, 0) is 11.3 Å². The van der Waals surface area contributed by atoms with E-state index in [-0.39, 0.29) is 6.54 Å². The first-order valence-electron chi connectivity index (χ1n) is 8.70. The second-order valence-electron chi connectivity index (χ2n) is 6.79. The first-order valence-corrected chi connectivity index (χ1v) is 8.70. The molecule has 1 unspecified atom stereocenters. The molecular weight excluding hydrogens is 370 g/mol. The first kappa shape index (κ1) is 18.6. The van der Waals surface area contributed by atoms with Gasteiger partial charge in [0, 0.05) is 17.6 Å². The number of fused-ring (bicyclic) bond motifs is 1. The fourth-order valence-corrected chi connectivity index (χ4v) is 3.35. The van der Waals surface area contributed by atoms with Gasteiger partial charge in [-0.2, -0.15) is 0 Å². The van der Waals surface area contributed by atoms with Crippen LogP contribution in [0.5, 0.6) is 0 Å². The average Bonchev–Trinajstić information content (AvgIpc) is 3.20. The van der Waals surface area contributed by atoms with Gasteiger partial charge < -0.3 is 24.6 Å². The van der Waals surface area contributed by atoms with Crippen molar-refractivity contribution < 1.29 is 24.6 Å². The molecule has 28 heavy (non-hydrogen) atoms. The van der Waals surface area contributed by atoms with Crippen LogP contribution in [0, 0.1) is 6.92 Å². The van der Waals surface area contributed by atoms with Gasteiger partial charge in [0.2, 0.25) is 0 Å². The van der Waals surface area contributed by atoms with E-state index >= 15 is 0 Å². The van der Waals surface area contributed by atoms with Gasteiger partial charge >= 0.3 is 5.69 Å². The number of aromatic nitrogens is 3. The molecule has 10 nitrogen and oxygen atoms in total. The summed E-state index contributed by atoms with van der Waals surface area (Å²) in [6.45, 7) is 1.25. The van der Waals surface area contributed by atoms with Crippen molar-refractivity contribution in [2.24, 2.45) is 0 Å². The lowest BCUT2D eigenvalue weighted by Crippen LogP contribution is -2.43. The van der Waals surface area contributed by atoms with E-state index in [0.717, 1.165) is 20.8 Å². The van der Waals surface area contributed by atoms with Crippen LogP contribution in [0.3, 0.4) is 0 Å². The summed E-state index contributed by atoms with van der Waals surface area (Å²) in [5.41, 5.74) is 0.620. The zero-order valence-corrected chi connectivity index (χ0v) is 14.9. The number of aliphatic hydroxyl groups is 3. The van der Waals surface area contributed by atoms with Crippen molar-refractivity contribution in [3.63, 3.8) is 0 Å². The Morgan fingerprint density at radius 1 is 1.18 bits per heavy atom. The molecule has 148 valence electrons. The summed E-state index contributed by atoms with van der Waals surface area (Å²) in [5, 5.41) is 33.9. The van der Waals surface area contributed by atoms with Crippen LogP contribution in [0.15, 0.2) is 44.6 Å². The maximum Gasteiger partial charge on any atom is 0.333 e. The molecule has 1 saturated heterocycles. The van der Waals surface area contributed by atoms with Crippen molar-refractivity contribution in [2.45, 2.75) is 38.0 Å².